The van der Waals surface area contributed by atoms with Crippen LogP contribution in [0.4, 0.5) is 5.69 Å². The van der Waals surface area contributed by atoms with Gasteiger partial charge in [-0.2, -0.15) is 0 Å². The highest BCUT2D eigenvalue weighted by atomic mass is 35.5. The van der Waals surface area contributed by atoms with Gasteiger partial charge in [0.05, 0.1) is 11.3 Å². The number of thioether (sulfide) groups is 1. The maximum absolute atomic E-state index is 12.4. The number of pyridine rings is 1. The molecule has 0 bridgehead atoms. The molecule has 1 aliphatic rings. The monoisotopic (exact) mass is 416 g/mol. The van der Waals surface area contributed by atoms with Crippen molar-refractivity contribution in [2.45, 2.75) is 30.6 Å². The lowest BCUT2D eigenvalue weighted by molar-refractivity contribution is -0.113. The molecule has 0 radical (unpaired) electrons. The van der Waals surface area contributed by atoms with Crippen molar-refractivity contribution in [3.63, 3.8) is 0 Å². The van der Waals surface area contributed by atoms with Crippen LogP contribution in [0, 0.1) is 0 Å². The number of rotatable bonds is 4. The summed E-state index contributed by atoms with van der Waals surface area (Å²) in [6.45, 7) is 0. The van der Waals surface area contributed by atoms with Crippen LogP contribution in [0.1, 0.15) is 24.1 Å². The van der Waals surface area contributed by atoms with E-state index in [0.29, 0.717) is 15.8 Å². The molecule has 6 heteroatoms. The molecule has 0 fully saturated rings. The summed E-state index contributed by atoms with van der Waals surface area (Å²) in [6, 6.07) is 12.9. The molecule has 27 heavy (non-hydrogen) atoms. The van der Waals surface area contributed by atoms with Crippen LogP contribution in [0.15, 0.2) is 47.4 Å². The first-order chi connectivity index (χ1) is 13.1. The molecule has 0 aliphatic heterocycles. The molecule has 3 aromatic rings. The second kappa shape index (κ2) is 8.09. The third kappa shape index (κ3) is 4.23. The van der Waals surface area contributed by atoms with Gasteiger partial charge in [0.15, 0.2) is 0 Å². The SMILES string of the molecule is O=C(CSc1c2c(nc3ccc(Cl)cc13)CCCC2)Nc1ccc(Cl)cc1. The fourth-order valence-electron chi connectivity index (χ4n) is 3.39. The average Bonchev–Trinajstić information content (AvgIpc) is 2.67. The van der Waals surface area contributed by atoms with E-state index in [1.807, 2.05) is 18.2 Å². The molecule has 2 aromatic carbocycles. The van der Waals surface area contributed by atoms with Crippen molar-refractivity contribution in [1.82, 2.24) is 4.98 Å². The second-order valence-electron chi connectivity index (χ2n) is 6.58. The standard InChI is InChI=1S/C21H18Cl2N2OS/c22-13-5-8-15(9-6-13)24-20(26)12-27-21-16-3-1-2-4-18(16)25-19-10-7-14(23)11-17(19)21/h5-11H,1-4,12H2,(H,24,26). The molecule has 0 saturated heterocycles. The molecule has 3 nitrogen and oxygen atoms in total. The van der Waals surface area contributed by atoms with E-state index in [-0.39, 0.29) is 5.91 Å². The molecular weight excluding hydrogens is 399 g/mol. The number of amides is 1. The third-order valence-corrected chi connectivity index (χ3v) is 6.30. The summed E-state index contributed by atoms with van der Waals surface area (Å²) in [7, 11) is 0. The first kappa shape index (κ1) is 18.6. The lowest BCUT2D eigenvalue weighted by Crippen LogP contribution is -2.15. The number of anilines is 1. The van der Waals surface area contributed by atoms with Gasteiger partial charge in [-0.05, 0) is 73.7 Å². The average molecular weight is 417 g/mol. The molecular formula is C21H18Cl2N2OS. The van der Waals surface area contributed by atoms with E-state index >= 15 is 0 Å². The maximum Gasteiger partial charge on any atom is 0.234 e. The van der Waals surface area contributed by atoms with Crippen LogP contribution in [-0.4, -0.2) is 16.6 Å². The van der Waals surface area contributed by atoms with E-state index in [1.54, 1.807) is 36.0 Å². The Bertz CT molecular complexity index is 1010. The van der Waals surface area contributed by atoms with Gasteiger partial charge < -0.3 is 5.32 Å². The number of aromatic nitrogens is 1. The predicted molar refractivity (Wildman–Crippen MR) is 114 cm³/mol. The molecule has 1 N–H and O–H groups in total. The molecule has 1 heterocycles. The van der Waals surface area contributed by atoms with Gasteiger partial charge in [0.2, 0.25) is 5.91 Å². The Morgan fingerprint density at radius 1 is 1.04 bits per heavy atom. The van der Waals surface area contributed by atoms with E-state index in [1.165, 1.54) is 12.0 Å². The molecule has 0 saturated carbocycles. The molecule has 138 valence electrons. The van der Waals surface area contributed by atoms with Crippen molar-refractivity contribution < 1.29 is 4.79 Å². The van der Waals surface area contributed by atoms with Crippen LogP contribution in [0.25, 0.3) is 10.9 Å². The highest BCUT2D eigenvalue weighted by Crippen LogP contribution is 2.37. The van der Waals surface area contributed by atoms with Gasteiger partial charge in [0.1, 0.15) is 0 Å². The smallest absolute Gasteiger partial charge is 0.234 e. The van der Waals surface area contributed by atoms with Crippen molar-refractivity contribution >= 4 is 57.5 Å². The van der Waals surface area contributed by atoms with Crippen molar-refractivity contribution in [3.8, 4) is 0 Å². The number of nitrogens with one attached hydrogen (secondary N) is 1. The van der Waals surface area contributed by atoms with Crippen LogP contribution < -0.4 is 5.32 Å². The van der Waals surface area contributed by atoms with Crippen molar-refractivity contribution in [1.29, 1.82) is 0 Å². The molecule has 4 rings (SSSR count). The largest absolute Gasteiger partial charge is 0.325 e. The van der Waals surface area contributed by atoms with Crippen LogP contribution in [0.5, 0.6) is 0 Å². The van der Waals surface area contributed by atoms with Gasteiger partial charge in [0.25, 0.3) is 0 Å². The van der Waals surface area contributed by atoms with Gasteiger partial charge in [-0.3, -0.25) is 9.78 Å². The zero-order chi connectivity index (χ0) is 18.8. The van der Waals surface area contributed by atoms with Gasteiger partial charge in [-0.1, -0.05) is 23.2 Å². The van der Waals surface area contributed by atoms with Crippen molar-refractivity contribution in [3.05, 3.63) is 63.8 Å². The Labute approximate surface area is 172 Å². The zero-order valence-corrected chi connectivity index (χ0v) is 16.9. The Morgan fingerprint density at radius 2 is 1.78 bits per heavy atom. The molecule has 1 aliphatic carbocycles. The van der Waals surface area contributed by atoms with Crippen molar-refractivity contribution in [2.75, 3.05) is 11.1 Å². The summed E-state index contributed by atoms with van der Waals surface area (Å²) in [5.74, 6) is 0.291. The summed E-state index contributed by atoms with van der Waals surface area (Å²) in [5.41, 5.74) is 4.13. The number of nitrogens with zero attached hydrogens (tertiary/aromatic N) is 1. The topological polar surface area (TPSA) is 42.0 Å². The summed E-state index contributed by atoms with van der Waals surface area (Å²) < 4.78 is 0. The minimum Gasteiger partial charge on any atom is -0.325 e. The highest BCUT2D eigenvalue weighted by Gasteiger charge is 2.19. The van der Waals surface area contributed by atoms with E-state index < -0.39 is 0 Å². The third-order valence-electron chi connectivity index (χ3n) is 4.65. The normalized spacial score (nSPS) is 13.4. The Balaban J connectivity index is 1.59. The summed E-state index contributed by atoms with van der Waals surface area (Å²) in [5, 5.41) is 5.29. The number of carbonyl (C=O) groups is 1. The van der Waals surface area contributed by atoms with E-state index in [4.69, 9.17) is 28.2 Å². The molecule has 0 atom stereocenters. The van der Waals surface area contributed by atoms with Crippen LogP contribution >= 0.6 is 35.0 Å². The second-order valence-corrected chi connectivity index (χ2v) is 8.44. The lowest BCUT2D eigenvalue weighted by atomic mass is 9.94. The number of hydrogen-bond donors (Lipinski definition) is 1. The zero-order valence-electron chi connectivity index (χ0n) is 14.6. The van der Waals surface area contributed by atoms with E-state index in [9.17, 15) is 4.79 Å². The highest BCUT2D eigenvalue weighted by molar-refractivity contribution is 8.00. The Kier molecular flexibility index (Phi) is 5.58. The molecule has 0 spiro atoms. The van der Waals surface area contributed by atoms with E-state index in [0.717, 1.165) is 46.4 Å². The number of benzene rings is 2. The fraction of sp³-hybridized carbons (Fsp3) is 0.238. The van der Waals surface area contributed by atoms with Gasteiger partial charge in [-0.15, -0.1) is 11.8 Å². The number of halogens is 2. The minimum atomic E-state index is -0.0427. The number of hydrogen-bond acceptors (Lipinski definition) is 3. The fourth-order valence-corrected chi connectivity index (χ4v) is 4.74. The van der Waals surface area contributed by atoms with Crippen LogP contribution in [-0.2, 0) is 17.6 Å². The summed E-state index contributed by atoms with van der Waals surface area (Å²) in [6.07, 6.45) is 4.33. The number of fused-ring (bicyclic) bond motifs is 2. The number of aryl methyl sites for hydroxylation is 1. The maximum atomic E-state index is 12.4. The molecule has 1 amide bonds. The summed E-state index contributed by atoms with van der Waals surface area (Å²) in [4.78, 5) is 18.4. The van der Waals surface area contributed by atoms with Crippen LogP contribution in [0.3, 0.4) is 0 Å². The van der Waals surface area contributed by atoms with Crippen molar-refractivity contribution in [2.24, 2.45) is 0 Å². The molecule has 1 aromatic heterocycles. The van der Waals surface area contributed by atoms with Gasteiger partial charge in [-0.25, -0.2) is 0 Å². The van der Waals surface area contributed by atoms with E-state index in [2.05, 4.69) is 5.32 Å². The Morgan fingerprint density at radius 3 is 2.59 bits per heavy atom. The van der Waals surface area contributed by atoms with Crippen LogP contribution in [0.2, 0.25) is 10.0 Å². The Hall–Kier alpha value is -1.75. The number of carbonyl (C=O) groups excluding carboxylic acids is 1. The first-order valence-electron chi connectivity index (χ1n) is 8.89. The van der Waals surface area contributed by atoms with Gasteiger partial charge in [0, 0.05) is 31.7 Å². The first-order valence-corrected chi connectivity index (χ1v) is 10.6. The predicted octanol–water partition coefficient (Wildman–Crippen LogP) is 6.15. The van der Waals surface area contributed by atoms with Gasteiger partial charge >= 0.3 is 0 Å². The molecule has 0 unspecified atom stereocenters. The minimum absolute atomic E-state index is 0.0427. The summed E-state index contributed by atoms with van der Waals surface area (Å²) >= 11 is 13.7. The lowest BCUT2D eigenvalue weighted by Gasteiger charge is -2.20. The quantitative estimate of drug-likeness (QED) is 0.518.